The van der Waals surface area contributed by atoms with Crippen LogP contribution in [-0.4, -0.2) is 54.1 Å². The molecule has 0 aliphatic carbocycles. The van der Waals surface area contributed by atoms with E-state index in [0.29, 0.717) is 36.9 Å². The van der Waals surface area contributed by atoms with E-state index in [4.69, 9.17) is 16.3 Å². The van der Waals surface area contributed by atoms with Crippen LogP contribution in [0.5, 0.6) is 0 Å². The van der Waals surface area contributed by atoms with E-state index in [1.807, 2.05) is 32.0 Å². The number of carbonyl (C=O) groups is 2. The van der Waals surface area contributed by atoms with Gasteiger partial charge in [0.15, 0.2) is 0 Å². The van der Waals surface area contributed by atoms with Gasteiger partial charge >= 0.3 is 0 Å². The Hall–Kier alpha value is -2.31. The average Bonchev–Trinajstić information content (AvgIpc) is 3.01. The lowest BCUT2D eigenvalue weighted by Crippen LogP contribution is -2.42. The molecule has 1 fully saturated rings. The second kappa shape index (κ2) is 8.59. The molecule has 6 nitrogen and oxygen atoms in total. The molecule has 2 amide bonds. The van der Waals surface area contributed by atoms with E-state index >= 15 is 0 Å². The Morgan fingerprint density at radius 1 is 1.11 bits per heavy atom. The Kier molecular flexibility index (Phi) is 6.19. The molecule has 1 N–H and O–H groups in total. The number of morpholine rings is 1. The second-order valence-electron chi connectivity index (χ2n) is 6.61. The summed E-state index contributed by atoms with van der Waals surface area (Å²) in [7, 11) is 0. The van der Waals surface area contributed by atoms with Gasteiger partial charge in [-0.1, -0.05) is 11.6 Å². The third kappa shape index (κ3) is 4.51. The van der Waals surface area contributed by atoms with Crippen LogP contribution >= 0.6 is 11.6 Å². The number of aryl methyl sites for hydroxylation is 2. The molecule has 3 rings (SSSR count). The van der Waals surface area contributed by atoms with Crippen LogP contribution in [0, 0.1) is 13.8 Å². The van der Waals surface area contributed by atoms with Gasteiger partial charge < -0.3 is 19.5 Å². The number of benzene rings is 1. The molecule has 0 spiro atoms. The fraction of sp³-hybridized carbons (Fsp3) is 0.400. The van der Waals surface area contributed by atoms with Crippen LogP contribution in [0.15, 0.2) is 30.3 Å². The minimum absolute atomic E-state index is 0.0250. The molecule has 2 aromatic rings. The highest BCUT2D eigenvalue weighted by Gasteiger charge is 2.18. The molecule has 1 aliphatic heterocycles. The highest BCUT2D eigenvalue weighted by atomic mass is 35.5. The minimum atomic E-state index is -0.279. The molecule has 0 unspecified atom stereocenters. The number of nitrogens with zero attached hydrogens (tertiary/aromatic N) is 2. The molecule has 2 heterocycles. The van der Waals surface area contributed by atoms with Crippen LogP contribution in [0.1, 0.15) is 28.2 Å². The molecule has 1 aromatic heterocycles. The third-order valence-corrected chi connectivity index (χ3v) is 5.04. The molecule has 1 aromatic carbocycles. The highest BCUT2D eigenvalue weighted by Crippen LogP contribution is 2.23. The SMILES string of the molecule is Cc1ccc(C)n1-c1ccc(Cl)c(C(=O)NCCC(=O)N2CCOCC2)c1. The van der Waals surface area contributed by atoms with E-state index in [-0.39, 0.29) is 24.8 Å². The van der Waals surface area contributed by atoms with Crippen molar-refractivity contribution in [1.29, 1.82) is 0 Å². The van der Waals surface area contributed by atoms with Crippen molar-refractivity contribution < 1.29 is 14.3 Å². The van der Waals surface area contributed by atoms with Gasteiger partial charge in [0.2, 0.25) is 5.91 Å². The van der Waals surface area contributed by atoms with Gasteiger partial charge in [0.25, 0.3) is 5.91 Å². The first-order chi connectivity index (χ1) is 13.0. The van der Waals surface area contributed by atoms with Gasteiger partial charge in [-0.2, -0.15) is 0 Å². The summed E-state index contributed by atoms with van der Waals surface area (Å²) in [6.07, 6.45) is 0.263. The number of aromatic nitrogens is 1. The number of nitrogens with one attached hydrogen (secondary N) is 1. The predicted molar refractivity (Wildman–Crippen MR) is 105 cm³/mol. The third-order valence-electron chi connectivity index (χ3n) is 4.71. The number of rotatable bonds is 5. The lowest BCUT2D eigenvalue weighted by atomic mass is 10.1. The van der Waals surface area contributed by atoms with E-state index in [2.05, 4.69) is 9.88 Å². The van der Waals surface area contributed by atoms with Crippen molar-refractivity contribution in [1.82, 2.24) is 14.8 Å². The number of amides is 2. The molecule has 144 valence electrons. The van der Waals surface area contributed by atoms with Crippen molar-refractivity contribution in [2.24, 2.45) is 0 Å². The number of hydrogen-bond donors (Lipinski definition) is 1. The van der Waals surface area contributed by atoms with E-state index in [1.165, 1.54) is 0 Å². The van der Waals surface area contributed by atoms with E-state index in [1.54, 1.807) is 17.0 Å². The summed E-state index contributed by atoms with van der Waals surface area (Å²) in [6.45, 7) is 6.65. The normalized spacial score (nSPS) is 14.3. The summed E-state index contributed by atoms with van der Waals surface area (Å²) in [5, 5.41) is 3.19. The van der Waals surface area contributed by atoms with Crippen molar-refractivity contribution >= 4 is 23.4 Å². The quantitative estimate of drug-likeness (QED) is 0.855. The summed E-state index contributed by atoms with van der Waals surface area (Å²) in [6, 6.07) is 9.45. The van der Waals surface area contributed by atoms with Crippen LogP contribution in [0.3, 0.4) is 0 Å². The lowest BCUT2D eigenvalue weighted by molar-refractivity contribution is -0.135. The van der Waals surface area contributed by atoms with E-state index < -0.39 is 0 Å². The molecule has 1 aliphatic rings. The fourth-order valence-electron chi connectivity index (χ4n) is 3.25. The molecular formula is C20H24ClN3O3. The Morgan fingerprint density at radius 2 is 1.78 bits per heavy atom. The van der Waals surface area contributed by atoms with Gasteiger partial charge in [-0.05, 0) is 44.2 Å². The van der Waals surface area contributed by atoms with Crippen molar-refractivity contribution in [2.45, 2.75) is 20.3 Å². The fourth-order valence-corrected chi connectivity index (χ4v) is 3.45. The van der Waals surface area contributed by atoms with E-state index in [9.17, 15) is 9.59 Å². The standard InChI is InChI=1S/C20H24ClN3O3/c1-14-3-4-15(2)24(14)16-5-6-18(21)17(13-16)20(26)22-8-7-19(25)23-9-11-27-12-10-23/h3-6,13H,7-12H2,1-2H3,(H,22,26). The number of hydrogen-bond acceptors (Lipinski definition) is 3. The lowest BCUT2D eigenvalue weighted by Gasteiger charge is -2.26. The zero-order chi connectivity index (χ0) is 19.4. The van der Waals surface area contributed by atoms with Crippen molar-refractivity contribution in [3.05, 3.63) is 52.3 Å². The highest BCUT2D eigenvalue weighted by molar-refractivity contribution is 6.33. The minimum Gasteiger partial charge on any atom is -0.378 e. The summed E-state index contributed by atoms with van der Waals surface area (Å²) < 4.78 is 7.31. The van der Waals surface area contributed by atoms with Gasteiger partial charge in [-0.25, -0.2) is 0 Å². The van der Waals surface area contributed by atoms with Crippen LogP contribution in [0.2, 0.25) is 5.02 Å². The Balaban J connectivity index is 1.64. The summed E-state index contributed by atoms with van der Waals surface area (Å²) in [5.74, 6) is -0.254. The molecule has 0 saturated carbocycles. The van der Waals surface area contributed by atoms with Crippen LogP contribution < -0.4 is 5.32 Å². The Labute approximate surface area is 164 Å². The second-order valence-corrected chi connectivity index (χ2v) is 7.02. The molecule has 1 saturated heterocycles. The molecule has 27 heavy (non-hydrogen) atoms. The number of halogens is 1. The number of ether oxygens (including phenoxy) is 1. The van der Waals surface area contributed by atoms with Gasteiger partial charge in [-0.3, -0.25) is 9.59 Å². The summed E-state index contributed by atoms with van der Waals surface area (Å²) in [5.41, 5.74) is 3.45. The maximum atomic E-state index is 12.6. The molecule has 0 atom stereocenters. The largest absolute Gasteiger partial charge is 0.378 e. The topological polar surface area (TPSA) is 63.6 Å². The van der Waals surface area contributed by atoms with Gasteiger partial charge in [0.1, 0.15) is 0 Å². The smallest absolute Gasteiger partial charge is 0.252 e. The zero-order valence-electron chi connectivity index (χ0n) is 15.6. The monoisotopic (exact) mass is 389 g/mol. The van der Waals surface area contributed by atoms with Gasteiger partial charge in [-0.15, -0.1) is 0 Å². The van der Waals surface area contributed by atoms with Crippen molar-refractivity contribution in [3.8, 4) is 5.69 Å². The van der Waals surface area contributed by atoms with E-state index in [0.717, 1.165) is 17.1 Å². The average molecular weight is 390 g/mol. The van der Waals surface area contributed by atoms with Crippen LogP contribution in [0.25, 0.3) is 5.69 Å². The first-order valence-corrected chi connectivity index (χ1v) is 9.44. The molecular weight excluding hydrogens is 366 g/mol. The number of carbonyl (C=O) groups excluding carboxylic acids is 2. The predicted octanol–water partition coefficient (Wildman–Crippen LogP) is 2.73. The Bertz CT molecular complexity index is 821. The first kappa shape index (κ1) is 19.5. The van der Waals surface area contributed by atoms with Crippen LogP contribution in [-0.2, 0) is 9.53 Å². The van der Waals surface area contributed by atoms with Gasteiger partial charge in [0.05, 0.1) is 23.8 Å². The van der Waals surface area contributed by atoms with Crippen LogP contribution in [0.4, 0.5) is 0 Å². The maximum Gasteiger partial charge on any atom is 0.252 e. The van der Waals surface area contributed by atoms with Crippen molar-refractivity contribution in [3.63, 3.8) is 0 Å². The molecule has 0 radical (unpaired) electrons. The maximum absolute atomic E-state index is 12.6. The summed E-state index contributed by atoms with van der Waals surface area (Å²) >= 11 is 6.24. The van der Waals surface area contributed by atoms with Crippen molar-refractivity contribution in [2.75, 3.05) is 32.8 Å². The zero-order valence-corrected chi connectivity index (χ0v) is 16.4. The molecule has 0 bridgehead atoms. The molecule has 7 heteroatoms. The summed E-state index contributed by atoms with van der Waals surface area (Å²) in [4.78, 5) is 26.5. The first-order valence-electron chi connectivity index (χ1n) is 9.06. The van der Waals surface area contributed by atoms with Gasteiger partial charge in [0, 0.05) is 43.1 Å². The Morgan fingerprint density at radius 3 is 2.44 bits per heavy atom.